The summed E-state index contributed by atoms with van der Waals surface area (Å²) in [5.74, 6) is 0. The number of halogens is 1. The van der Waals surface area contributed by atoms with Gasteiger partial charge in [0.05, 0.1) is 0 Å². The van der Waals surface area contributed by atoms with Crippen molar-refractivity contribution in [2.45, 2.75) is 32.4 Å². The van der Waals surface area contributed by atoms with E-state index < -0.39 is 0 Å². The van der Waals surface area contributed by atoms with Crippen molar-refractivity contribution in [1.82, 2.24) is 0 Å². The fourth-order valence-corrected chi connectivity index (χ4v) is 3.27. The van der Waals surface area contributed by atoms with Gasteiger partial charge in [-0.15, -0.1) is 0 Å². The second-order valence-electron chi connectivity index (χ2n) is 5.89. The highest BCUT2D eigenvalue weighted by Crippen LogP contribution is 2.30. The SMILES string of the molecule is CC(N)Cc1cc(Cl)ccc1N1CCc2ccccc2C1. The summed E-state index contributed by atoms with van der Waals surface area (Å²) in [6.45, 7) is 4.05. The van der Waals surface area contributed by atoms with E-state index >= 15 is 0 Å². The topological polar surface area (TPSA) is 29.3 Å². The number of nitrogens with zero attached hydrogens (tertiary/aromatic N) is 1. The molecule has 1 aliphatic rings. The Kier molecular flexibility index (Phi) is 4.18. The second kappa shape index (κ2) is 6.08. The summed E-state index contributed by atoms with van der Waals surface area (Å²) < 4.78 is 0. The largest absolute Gasteiger partial charge is 0.367 e. The van der Waals surface area contributed by atoms with E-state index in [4.69, 9.17) is 17.3 Å². The molecule has 0 fully saturated rings. The highest BCUT2D eigenvalue weighted by Gasteiger charge is 2.18. The predicted molar refractivity (Wildman–Crippen MR) is 90.0 cm³/mol. The molecule has 3 rings (SSSR count). The average molecular weight is 301 g/mol. The van der Waals surface area contributed by atoms with Crippen LogP contribution in [0.3, 0.4) is 0 Å². The van der Waals surface area contributed by atoms with E-state index in [2.05, 4.69) is 41.3 Å². The molecule has 3 heteroatoms. The van der Waals surface area contributed by atoms with Crippen molar-refractivity contribution in [2.75, 3.05) is 11.4 Å². The van der Waals surface area contributed by atoms with Crippen molar-refractivity contribution >= 4 is 17.3 Å². The van der Waals surface area contributed by atoms with Crippen LogP contribution in [0.15, 0.2) is 42.5 Å². The zero-order valence-corrected chi connectivity index (χ0v) is 13.1. The Balaban J connectivity index is 1.91. The van der Waals surface area contributed by atoms with Gasteiger partial charge < -0.3 is 10.6 Å². The van der Waals surface area contributed by atoms with E-state index in [1.807, 2.05) is 13.0 Å². The molecule has 0 radical (unpaired) electrons. The Bertz CT molecular complexity index is 637. The summed E-state index contributed by atoms with van der Waals surface area (Å²) in [6, 6.07) is 15.0. The highest BCUT2D eigenvalue weighted by molar-refractivity contribution is 6.30. The summed E-state index contributed by atoms with van der Waals surface area (Å²) in [4.78, 5) is 2.44. The van der Waals surface area contributed by atoms with Gasteiger partial charge in [-0.05, 0) is 54.7 Å². The van der Waals surface area contributed by atoms with Crippen LogP contribution in [-0.4, -0.2) is 12.6 Å². The van der Waals surface area contributed by atoms with E-state index in [0.29, 0.717) is 0 Å². The van der Waals surface area contributed by atoms with Crippen LogP contribution in [0.1, 0.15) is 23.6 Å². The van der Waals surface area contributed by atoms with Gasteiger partial charge in [-0.1, -0.05) is 35.9 Å². The van der Waals surface area contributed by atoms with Crippen molar-refractivity contribution < 1.29 is 0 Å². The molecule has 110 valence electrons. The van der Waals surface area contributed by atoms with Crippen LogP contribution in [0.2, 0.25) is 5.02 Å². The van der Waals surface area contributed by atoms with E-state index in [1.54, 1.807) is 0 Å². The summed E-state index contributed by atoms with van der Waals surface area (Å²) in [7, 11) is 0. The first-order valence-electron chi connectivity index (χ1n) is 7.49. The molecule has 2 N–H and O–H groups in total. The number of hydrogen-bond acceptors (Lipinski definition) is 2. The van der Waals surface area contributed by atoms with Gasteiger partial charge in [0.1, 0.15) is 0 Å². The molecule has 0 aliphatic carbocycles. The van der Waals surface area contributed by atoms with Gasteiger partial charge in [0.2, 0.25) is 0 Å². The van der Waals surface area contributed by atoms with Crippen LogP contribution in [0, 0.1) is 0 Å². The maximum absolute atomic E-state index is 6.16. The monoisotopic (exact) mass is 300 g/mol. The Labute approximate surface area is 131 Å². The lowest BCUT2D eigenvalue weighted by atomic mass is 9.97. The maximum atomic E-state index is 6.16. The molecule has 2 aromatic rings. The molecule has 1 heterocycles. The van der Waals surface area contributed by atoms with Crippen molar-refractivity contribution in [1.29, 1.82) is 0 Å². The minimum Gasteiger partial charge on any atom is -0.367 e. The molecule has 1 unspecified atom stereocenters. The molecule has 0 amide bonds. The van der Waals surface area contributed by atoms with Gasteiger partial charge in [-0.2, -0.15) is 0 Å². The van der Waals surface area contributed by atoms with Gasteiger partial charge in [0.15, 0.2) is 0 Å². The van der Waals surface area contributed by atoms with Crippen LogP contribution < -0.4 is 10.6 Å². The summed E-state index contributed by atoms with van der Waals surface area (Å²) in [6.07, 6.45) is 1.95. The zero-order valence-electron chi connectivity index (χ0n) is 12.3. The van der Waals surface area contributed by atoms with Crippen molar-refractivity contribution in [3.63, 3.8) is 0 Å². The third kappa shape index (κ3) is 3.22. The first-order valence-corrected chi connectivity index (χ1v) is 7.87. The number of rotatable bonds is 3. The molecule has 0 saturated carbocycles. The Morgan fingerprint density at radius 1 is 1.19 bits per heavy atom. The second-order valence-corrected chi connectivity index (χ2v) is 6.33. The van der Waals surface area contributed by atoms with Crippen LogP contribution in [-0.2, 0) is 19.4 Å². The van der Waals surface area contributed by atoms with Crippen molar-refractivity contribution in [3.05, 3.63) is 64.2 Å². The molecule has 2 aromatic carbocycles. The standard InChI is InChI=1S/C18H21ClN2/c1-13(20)10-16-11-17(19)6-7-18(16)21-9-8-14-4-2-3-5-15(14)12-21/h2-7,11,13H,8-10,12,20H2,1H3. The molecule has 0 spiro atoms. The Hall–Kier alpha value is -1.51. The zero-order chi connectivity index (χ0) is 14.8. The lowest BCUT2D eigenvalue weighted by Crippen LogP contribution is -2.31. The average Bonchev–Trinajstić information content (AvgIpc) is 2.46. The minimum absolute atomic E-state index is 0.138. The predicted octanol–water partition coefficient (Wildman–Crippen LogP) is 3.79. The van der Waals surface area contributed by atoms with Gasteiger partial charge >= 0.3 is 0 Å². The number of hydrogen-bond donors (Lipinski definition) is 1. The Morgan fingerprint density at radius 2 is 1.95 bits per heavy atom. The fourth-order valence-electron chi connectivity index (χ4n) is 3.07. The van der Waals surface area contributed by atoms with E-state index in [9.17, 15) is 0 Å². The molecule has 0 saturated heterocycles. The number of fused-ring (bicyclic) bond motifs is 1. The first-order chi connectivity index (χ1) is 10.1. The van der Waals surface area contributed by atoms with Crippen LogP contribution in [0.4, 0.5) is 5.69 Å². The maximum Gasteiger partial charge on any atom is 0.0432 e. The molecule has 1 aliphatic heterocycles. The van der Waals surface area contributed by atoms with Gasteiger partial charge in [0, 0.05) is 29.8 Å². The van der Waals surface area contributed by atoms with Crippen LogP contribution in [0.5, 0.6) is 0 Å². The molecule has 1 atom stereocenters. The van der Waals surface area contributed by atoms with E-state index in [-0.39, 0.29) is 6.04 Å². The molecular weight excluding hydrogens is 280 g/mol. The lowest BCUT2D eigenvalue weighted by molar-refractivity contribution is 0.706. The third-order valence-electron chi connectivity index (χ3n) is 4.05. The molecule has 21 heavy (non-hydrogen) atoms. The fraction of sp³-hybridized carbons (Fsp3) is 0.333. The smallest absolute Gasteiger partial charge is 0.0432 e. The molecule has 0 aromatic heterocycles. The molecule has 2 nitrogen and oxygen atoms in total. The quantitative estimate of drug-likeness (QED) is 0.934. The molecule has 0 bridgehead atoms. The lowest BCUT2D eigenvalue weighted by Gasteiger charge is -2.32. The Morgan fingerprint density at radius 3 is 2.71 bits per heavy atom. The van der Waals surface area contributed by atoms with Gasteiger partial charge in [0.25, 0.3) is 0 Å². The minimum atomic E-state index is 0.138. The van der Waals surface area contributed by atoms with Gasteiger partial charge in [-0.25, -0.2) is 0 Å². The highest BCUT2D eigenvalue weighted by atomic mass is 35.5. The van der Waals surface area contributed by atoms with E-state index in [1.165, 1.54) is 22.4 Å². The van der Waals surface area contributed by atoms with Crippen LogP contribution >= 0.6 is 11.6 Å². The summed E-state index contributed by atoms with van der Waals surface area (Å²) in [5, 5.41) is 0.784. The van der Waals surface area contributed by atoms with Crippen molar-refractivity contribution in [2.24, 2.45) is 5.73 Å². The van der Waals surface area contributed by atoms with E-state index in [0.717, 1.165) is 31.0 Å². The summed E-state index contributed by atoms with van der Waals surface area (Å²) in [5.41, 5.74) is 11.4. The van der Waals surface area contributed by atoms with Gasteiger partial charge in [-0.3, -0.25) is 0 Å². The normalized spacial score (nSPS) is 15.7. The summed E-state index contributed by atoms with van der Waals surface area (Å²) >= 11 is 6.16. The number of anilines is 1. The van der Waals surface area contributed by atoms with Crippen LogP contribution in [0.25, 0.3) is 0 Å². The first kappa shape index (κ1) is 14.4. The third-order valence-corrected chi connectivity index (χ3v) is 4.29. The van der Waals surface area contributed by atoms with Crippen molar-refractivity contribution in [3.8, 4) is 0 Å². The number of nitrogens with two attached hydrogens (primary N) is 1. The number of benzene rings is 2. The molecular formula is C18H21ClN2.